The predicted molar refractivity (Wildman–Crippen MR) is 103 cm³/mol. The lowest BCUT2D eigenvalue weighted by molar-refractivity contribution is 0.102. The minimum Gasteiger partial charge on any atom is -0.440 e. The second kappa shape index (κ2) is 6.42. The van der Waals surface area contributed by atoms with Crippen molar-refractivity contribution in [3.63, 3.8) is 0 Å². The van der Waals surface area contributed by atoms with Crippen molar-refractivity contribution < 1.29 is 9.21 Å². The Bertz CT molecular complexity index is 1130. The molecule has 0 spiro atoms. The highest BCUT2D eigenvalue weighted by Gasteiger charge is 2.14. The number of oxazole rings is 1. The number of nitrogens with zero attached hydrogens (tertiary/aromatic N) is 2. The second-order valence-electron chi connectivity index (χ2n) is 6.37. The first-order valence-corrected chi connectivity index (χ1v) is 8.65. The van der Waals surface area contributed by atoms with Crippen molar-refractivity contribution in [1.82, 2.24) is 9.97 Å². The molecule has 2 aromatic heterocycles. The average Bonchev–Trinajstić information content (AvgIpc) is 3.04. The Balaban J connectivity index is 1.69. The van der Waals surface area contributed by atoms with Gasteiger partial charge in [-0.05, 0) is 36.4 Å². The molecule has 6 heteroatoms. The van der Waals surface area contributed by atoms with Gasteiger partial charge in [0.05, 0.1) is 11.1 Å². The molecule has 4 rings (SSSR count). The number of halogens is 1. The maximum Gasteiger partial charge on any atom is 0.257 e. The van der Waals surface area contributed by atoms with Crippen molar-refractivity contribution in [2.75, 3.05) is 5.32 Å². The van der Waals surface area contributed by atoms with Gasteiger partial charge >= 0.3 is 0 Å². The molecule has 130 valence electrons. The Hall–Kier alpha value is -2.92. The number of aromatic nitrogens is 2. The molecule has 0 fully saturated rings. The van der Waals surface area contributed by atoms with E-state index in [4.69, 9.17) is 16.0 Å². The van der Waals surface area contributed by atoms with Gasteiger partial charge in [0.25, 0.3) is 5.91 Å². The van der Waals surface area contributed by atoms with Crippen LogP contribution in [0.4, 0.5) is 5.69 Å². The normalized spacial score (nSPS) is 11.4. The SMILES string of the molecule is CC(C)c1nc2cc(NC(=O)c3cc(Cl)cc4cccnc34)ccc2o1. The van der Waals surface area contributed by atoms with E-state index in [0.29, 0.717) is 38.8 Å². The van der Waals surface area contributed by atoms with Crippen LogP contribution >= 0.6 is 11.6 Å². The Morgan fingerprint density at radius 2 is 2.04 bits per heavy atom. The molecule has 0 aliphatic heterocycles. The number of pyridine rings is 1. The van der Waals surface area contributed by atoms with Crippen molar-refractivity contribution in [3.8, 4) is 0 Å². The van der Waals surface area contributed by atoms with E-state index in [2.05, 4.69) is 15.3 Å². The monoisotopic (exact) mass is 365 g/mol. The largest absolute Gasteiger partial charge is 0.440 e. The number of hydrogen-bond acceptors (Lipinski definition) is 4. The van der Waals surface area contributed by atoms with Crippen molar-refractivity contribution in [1.29, 1.82) is 0 Å². The zero-order valence-electron chi connectivity index (χ0n) is 14.3. The van der Waals surface area contributed by atoms with Crippen LogP contribution in [0.15, 0.2) is 53.1 Å². The van der Waals surface area contributed by atoms with Crippen LogP contribution in [0, 0.1) is 0 Å². The van der Waals surface area contributed by atoms with E-state index >= 15 is 0 Å². The summed E-state index contributed by atoms with van der Waals surface area (Å²) in [6.45, 7) is 4.04. The first-order valence-electron chi connectivity index (χ1n) is 8.27. The molecule has 5 nitrogen and oxygen atoms in total. The molecule has 2 aromatic carbocycles. The molecule has 0 aliphatic rings. The molecule has 1 amide bonds. The van der Waals surface area contributed by atoms with Gasteiger partial charge in [0.2, 0.25) is 0 Å². The van der Waals surface area contributed by atoms with Crippen LogP contribution in [0.5, 0.6) is 0 Å². The highest BCUT2D eigenvalue weighted by molar-refractivity contribution is 6.32. The van der Waals surface area contributed by atoms with Gasteiger partial charge < -0.3 is 9.73 Å². The van der Waals surface area contributed by atoms with Gasteiger partial charge in [-0.15, -0.1) is 0 Å². The molecule has 0 bridgehead atoms. The van der Waals surface area contributed by atoms with E-state index in [0.717, 1.165) is 5.39 Å². The van der Waals surface area contributed by atoms with Gasteiger partial charge in [0, 0.05) is 28.2 Å². The minimum atomic E-state index is -0.275. The fourth-order valence-corrected chi connectivity index (χ4v) is 3.02. The molecule has 0 saturated heterocycles. The number of anilines is 1. The highest BCUT2D eigenvalue weighted by Crippen LogP contribution is 2.26. The summed E-state index contributed by atoms with van der Waals surface area (Å²) in [6, 6.07) is 12.5. The van der Waals surface area contributed by atoms with E-state index in [-0.39, 0.29) is 11.8 Å². The van der Waals surface area contributed by atoms with Gasteiger partial charge in [-0.2, -0.15) is 0 Å². The number of rotatable bonds is 3. The molecule has 26 heavy (non-hydrogen) atoms. The molecule has 0 unspecified atom stereocenters. The molecule has 0 aliphatic carbocycles. The maximum absolute atomic E-state index is 12.8. The predicted octanol–water partition coefficient (Wildman–Crippen LogP) is 5.41. The summed E-state index contributed by atoms with van der Waals surface area (Å²) in [5.41, 5.74) is 3.08. The number of carbonyl (C=O) groups is 1. The van der Waals surface area contributed by atoms with Crippen LogP contribution in [-0.4, -0.2) is 15.9 Å². The third-order valence-electron chi connectivity index (χ3n) is 4.07. The lowest BCUT2D eigenvalue weighted by atomic mass is 10.1. The van der Waals surface area contributed by atoms with Gasteiger partial charge in [0.1, 0.15) is 5.52 Å². The molecule has 2 heterocycles. The summed E-state index contributed by atoms with van der Waals surface area (Å²) in [5.74, 6) is 0.598. The van der Waals surface area contributed by atoms with Crippen LogP contribution in [0.2, 0.25) is 5.02 Å². The summed E-state index contributed by atoms with van der Waals surface area (Å²) in [7, 11) is 0. The molecular formula is C20H16ClN3O2. The Labute approximate surface area is 155 Å². The summed E-state index contributed by atoms with van der Waals surface area (Å²) in [6.07, 6.45) is 1.65. The fourth-order valence-electron chi connectivity index (χ4n) is 2.80. The third-order valence-corrected chi connectivity index (χ3v) is 4.29. The lowest BCUT2D eigenvalue weighted by Crippen LogP contribution is -2.12. The fraction of sp³-hybridized carbons (Fsp3) is 0.150. The molecule has 1 N–H and O–H groups in total. The zero-order chi connectivity index (χ0) is 18.3. The summed E-state index contributed by atoms with van der Waals surface area (Å²) < 4.78 is 5.70. The summed E-state index contributed by atoms with van der Waals surface area (Å²) in [5, 5.41) is 4.20. The van der Waals surface area contributed by atoms with E-state index in [1.54, 1.807) is 36.5 Å². The molecule has 0 atom stereocenters. The van der Waals surface area contributed by atoms with Crippen LogP contribution in [0.1, 0.15) is 36.0 Å². The van der Waals surface area contributed by atoms with E-state index < -0.39 is 0 Å². The van der Waals surface area contributed by atoms with E-state index in [1.165, 1.54) is 0 Å². The van der Waals surface area contributed by atoms with Gasteiger partial charge in [-0.1, -0.05) is 31.5 Å². The highest BCUT2D eigenvalue weighted by atomic mass is 35.5. The van der Waals surface area contributed by atoms with Crippen molar-refractivity contribution in [2.45, 2.75) is 19.8 Å². The molecule has 4 aromatic rings. The lowest BCUT2D eigenvalue weighted by Gasteiger charge is -2.08. The summed E-state index contributed by atoms with van der Waals surface area (Å²) >= 11 is 6.15. The standard InChI is InChI=1S/C20H16ClN3O2/c1-11(2)20-24-16-10-14(5-6-17(16)26-20)23-19(25)15-9-13(21)8-12-4-3-7-22-18(12)15/h3-11H,1-2H3,(H,23,25). The van der Waals surface area contributed by atoms with Crippen LogP contribution in [0.25, 0.3) is 22.0 Å². The third kappa shape index (κ3) is 3.02. The maximum atomic E-state index is 12.8. The van der Waals surface area contributed by atoms with Crippen molar-refractivity contribution in [3.05, 3.63) is 65.1 Å². The summed E-state index contributed by atoms with van der Waals surface area (Å²) in [4.78, 5) is 21.6. The van der Waals surface area contributed by atoms with Crippen LogP contribution < -0.4 is 5.32 Å². The smallest absolute Gasteiger partial charge is 0.257 e. The van der Waals surface area contributed by atoms with E-state index in [9.17, 15) is 4.79 Å². The number of benzene rings is 2. The minimum absolute atomic E-state index is 0.198. The number of carbonyl (C=O) groups excluding carboxylic acids is 1. The number of fused-ring (bicyclic) bond motifs is 2. The quantitative estimate of drug-likeness (QED) is 0.527. The van der Waals surface area contributed by atoms with Crippen molar-refractivity contribution in [2.24, 2.45) is 0 Å². The average molecular weight is 366 g/mol. The first kappa shape index (κ1) is 16.5. The van der Waals surface area contributed by atoms with Gasteiger partial charge in [-0.3, -0.25) is 9.78 Å². The number of nitrogens with one attached hydrogen (secondary N) is 1. The zero-order valence-corrected chi connectivity index (χ0v) is 15.0. The Morgan fingerprint density at radius 1 is 1.19 bits per heavy atom. The molecular weight excluding hydrogens is 350 g/mol. The number of hydrogen-bond donors (Lipinski definition) is 1. The Morgan fingerprint density at radius 3 is 2.85 bits per heavy atom. The van der Waals surface area contributed by atoms with Crippen LogP contribution in [0.3, 0.4) is 0 Å². The van der Waals surface area contributed by atoms with Crippen molar-refractivity contribution >= 4 is 45.2 Å². The van der Waals surface area contributed by atoms with Gasteiger partial charge in [-0.25, -0.2) is 4.98 Å². The van der Waals surface area contributed by atoms with E-state index in [1.807, 2.05) is 26.0 Å². The molecule has 0 radical (unpaired) electrons. The first-order chi connectivity index (χ1) is 12.5. The topological polar surface area (TPSA) is 68.0 Å². The van der Waals surface area contributed by atoms with Crippen LogP contribution in [-0.2, 0) is 0 Å². The van der Waals surface area contributed by atoms with Gasteiger partial charge in [0.15, 0.2) is 11.5 Å². The molecule has 0 saturated carbocycles. The Kier molecular flexibility index (Phi) is 4.09. The number of amides is 1. The second-order valence-corrected chi connectivity index (χ2v) is 6.81.